The van der Waals surface area contributed by atoms with Gasteiger partial charge in [0.2, 0.25) is 0 Å². The standard InChI is InChI=1S/C15H23NO3/c1-12(14-8-9-15(18-2)19-14)10-16(17)11-13-6-4-3-5-7-13/h3-7,12,14-15,17H,8-11H2,1-2H3/t12-,14+,15-/m1/s1. The summed E-state index contributed by atoms with van der Waals surface area (Å²) in [5, 5.41) is 11.4. The second-order valence-corrected chi connectivity index (χ2v) is 5.23. The maximum Gasteiger partial charge on any atom is 0.157 e. The molecule has 1 aliphatic heterocycles. The fraction of sp³-hybridized carbons (Fsp3) is 0.600. The minimum absolute atomic E-state index is 0.0753. The summed E-state index contributed by atoms with van der Waals surface area (Å²) in [5.41, 5.74) is 1.11. The van der Waals surface area contributed by atoms with Crippen molar-refractivity contribution >= 4 is 0 Å². The predicted molar refractivity (Wildman–Crippen MR) is 72.7 cm³/mol. The van der Waals surface area contributed by atoms with Crippen molar-refractivity contribution in [2.75, 3.05) is 13.7 Å². The molecule has 0 radical (unpaired) electrons. The Labute approximate surface area is 114 Å². The zero-order valence-electron chi connectivity index (χ0n) is 11.7. The van der Waals surface area contributed by atoms with Gasteiger partial charge in [-0.3, -0.25) is 0 Å². The van der Waals surface area contributed by atoms with E-state index in [0.717, 1.165) is 18.4 Å². The third-order valence-corrected chi connectivity index (χ3v) is 3.62. The van der Waals surface area contributed by atoms with Gasteiger partial charge >= 0.3 is 0 Å². The van der Waals surface area contributed by atoms with Crippen LogP contribution in [0.5, 0.6) is 0 Å². The Morgan fingerprint density at radius 2 is 2.11 bits per heavy atom. The van der Waals surface area contributed by atoms with E-state index in [-0.39, 0.29) is 18.3 Å². The topological polar surface area (TPSA) is 41.9 Å². The number of benzene rings is 1. The van der Waals surface area contributed by atoms with Gasteiger partial charge in [0, 0.05) is 26.6 Å². The van der Waals surface area contributed by atoms with Gasteiger partial charge < -0.3 is 14.7 Å². The second kappa shape index (κ2) is 7.01. The van der Waals surface area contributed by atoms with E-state index in [1.807, 2.05) is 30.3 Å². The molecule has 0 saturated carbocycles. The largest absolute Gasteiger partial charge is 0.356 e. The average Bonchev–Trinajstić information content (AvgIpc) is 2.88. The lowest BCUT2D eigenvalue weighted by molar-refractivity contribution is -0.149. The van der Waals surface area contributed by atoms with Gasteiger partial charge in [-0.2, -0.15) is 5.06 Å². The van der Waals surface area contributed by atoms with Crippen LogP contribution in [0, 0.1) is 5.92 Å². The molecule has 1 saturated heterocycles. The van der Waals surface area contributed by atoms with Crippen molar-refractivity contribution in [3.63, 3.8) is 0 Å². The highest BCUT2D eigenvalue weighted by Gasteiger charge is 2.30. The number of methoxy groups -OCH3 is 1. The number of nitrogens with zero attached hydrogens (tertiary/aromatic N) is 1. The first kappa shape index (κ1) is 14.5. The van der Waals surface area contributed by atoms with Crippen molar-refractivity contribution in [3.05, 3.63) is 35.9 Å². The summed E-state index contributed by atoms with van der Waals surface area (Å²) in [6.45, 7) is 3.26. The highest BCUT2D eigenvalue weighted by molar-refractivity contribution is 5.14. The van der Waals surface area contributed by atoms with Crippen molar-refractivity contribution in [1.29, 1.82) is 0 Å². The molecule has 4 heteroatoms. The van der Waals surface area contributed by atoms with Crippen LogP contribution in [0.15, 0.2) is 30.3 Å². The molecule has 0 aromatic heterocycles. The van der Waals surface area contributed by atoms with Gasteiger partial charge in [0.25, 0.3) is 0 Å². The summed E-state index contributed by atoms with van der Waals surface area (Å²) in [6.07, 6.45) is 2.04. The van der Waals surface area contributed by atoms with E-state index in [0.29, 0.717) is 13.1 Å². The lowest BCUT2D eigenvalue weighted by atomic mass is 10.0. The summed E-state index contributed by atoms with van der Waals surface area (Å²) < 4.78 is 11.0. The van der Waals surface area contributed by atoms with Crippen LogP contribution in [0.4, 0.5) is 0 Å². The maximum absolute atomic E-state index is 10.0. The van der Waals surface area contributed by atoms with Gasteiger partial charge in [0.15, 0.2) is 6.29 Å². The molecular formula is C15H23NO3. The summed E-state index contributed by atoms with van der Waals surface area (Å²) in [6, 6.07) is 9.97. The highest BCUT2D eigenvalue weighted by atomic mass is 16.7. The van der Waals surface area contributed by atoms with Crippen molar-refractivity contribution in [2.45, 2.75) is 38.7 Å². The number of ether oxygens (including phenoxy) is 2. The van der Waals surface area contributed by atoms with Crippen LogP contribution in [0.2, 0.25) is 0 Å². The van der Waals surface area contributed by atoms with E-state index >= 15 is 0 Å². The number of hydroxylamine groups is 2. The summed E-state index contributed by atoms with van der Waals surface area (Å²) >= 11 is 0. The van der Waals surface area contributed by atoms with E-state index in [1.165, 1.54) is 5.06 Å². The zero-order chi connectivity index (χ0) is 13.7. The van der Waals surface area contributed by atoms with E-state index in [2.05, 4.69) is 6.92 Å². The molecule has 1 aliphatic rings. The van der Waals surface area contributed by atoms with Crippen LogP contribution in [-0.4, -0.2) is 36.3 Å². The Morgan fingerprint density at radius 1 is 1.37 bits per heavy atom. The molecule has 19 heavy (non-hydrogen) atoms. The Kier molecular flexibility index (Phi) is 5.34. The van der Waals surface area contributed by atoms with Crippen molar-refractivity contribution in [1.82, 2.24) is 5.06 Å². The lowest BCUT2D eigenvalue weighted by Crippen LogP contribution is -2.31. The molecule has 1 aromatic rings. The molecule has 1 heterocycles. The summed E-state index contributed by atoms with van der Waals surface area (Å²) in [7, 11) is 1.67. The van der Waals surface area contributed by atoms with Crippen LogP contribution < -0.4 is 0 Å². The van der Waals surface area contributed by atoms with E-state index in [9.17, 15) is 5.21 Å². The van der Waals surface area contributed by atoms with Gasteiger partial charge in [-0.1, -0.05) is 37.3 Å². The SMILES string of the molecule is CO[C@H]1CC[C@@H]([C@H](C)CN(O)Cc2ccccc2)O1. The minimum atomic E-state index is -0.0753. The van der Waals surface area contributed by atoms with Gasteiger partial charge in [-0.15, -0.1) is 0 Å². The van der Waals surface area contributed by atoms with E-state index in [4.69, 9.17) is 9.47 Å². The van der Waals surface area contributed by atoms with Gasteiger partial charge in [0.05, 0.1) is 6.10 Å². The Balaban J connectivity index is 1.77. The van der Waals surface area contributed by atoms with E-state index < -0.39 is 0 Å². The Morgan fingerprint density at radius 3 is 2.74 bits per heavy atom. The van der Waals surface area contributed by atoms with Crippen molar-refractivity contribution < 1.29 is 14.7 Å². The lowest BCUT2D eigenvalue weighted by Gasteiger charge is -2.24. The monoisotopic (exact) mass is 265 g/mol. The first-order chi connectivity index (χ1) is 9.19. The molecule has 1 aromatic carbocycles. The molecule has 0 amide bonds. The molecule has 4 nitrogen and oxygen atoms in total. The first-order valence-corrected chi connectivity index (χ1v) is 6.85. The molecule has 106 valence electrons. The van der Waals surface area contributed by atoms with E-state index in [1.54, 1.807) is 7.11 Å². The maximum atomic E-state index is 10.0. The third kappa shape index (κ3) is 4.28. The molecule has 1 N–H and O–H groups in total. The van der Waals surface area contributed by atoms with Gasteiger partial charge in [-0.25, -0.2) is 0 Å². The van der Waals surface area contributed by atoms with Gasteiger partial charge in [0.1, 0.15) is 0 Å². The predicted octanol–water partition coefficient (Wildman–Crippen LogP) is 2.67. The normalized spacial score (nSPS) is 24.8. The fourth-order valence-electron chi connectivity index (χ4n) is 2.53. The molecule has 0 unspecified atom stereocenters. The van der Waals surface area contributed by atoms with Crippen LogP contribution in [0.3, 0.4) is 0 Å². The van der Waals surface area contributed by atoms with Crippen LogP contribution in [0.25, 0.3) is 0 Å². The summed E-state index contributed by atoms with van der Waals surface area (Å²) in [5.74, 6) is 0.286. The number of hydrogen-bond acceptors (Lipinski definition) is 4. The second-order valence-electron chi connectivity index (χ2n) is 5.23. The summed E-state index contributed by atoms with van der Waals surface area (Å²) in [4.78, 5) is 0. The van der Waals surface area contributed by atoms with Gasteiger partial charge in [-0.05, 0) is 17.9 Å². The van der Waals surface area contributed by atoms with Crippen LogP contribution in [-0.2, 0) is 16.0 Å². The molecular weight excluding hydrogens is 242 g/mol. The molecule has 0 bridgehead atoms. The minimum Gasteiger partial charge on any atom is -0.356 e. The van der Waals surface area contributed by atoms with Crippen LogP contribution in [0.1, 0.15) is 25.3 Å². The van der Waals surface area contributed by atoms with Crippen LogP contribution >= 0.6 is 0 Å². The average molecular weight is 265 g/mol. The zero-order valence-corrected chi connectivity index (χ0v) is 11.7. The molecule has 0 spiro atoms. The molecule has 1 fully saturated rings. The fourth-order valence-corrected chi connectivity index (χ4v) is 2.53. The number of hydrogen-bond donors (Lipinski definition) is 1. The molecule has 2 rings (SSSR count). The quantitative estimate of drug-likeness (QED) is 0.803. The Hall–Kier alpha value is -0.940. The Bertz CT molecular complexity index is 371. The van der Waals surface area contributed by atoms with Crippen molar-refractivity contribution in [2.24, 2.45) is 5.92 Å². The smallest absolute Gasteiger partial charge is 0.157 e. The molecule has 3 atom stereocenters. The van der Waals surface area contributed by atoms with Crippen molar-refractivity contribution in [3.8, 4) is 0 Å². The third-order valence-electron chi connectivity index (χ3n) is 3.62. The number of rotatable bonds is 6. The highest BCUT2D eigenvalue weighted by Crippen LogP contribution is 2.26. The first-order valence-electron chi connectivity index (χ1n) is 6.85. The molecule has 0 aliphatic carbocycles.